The van der Waals surface area contributed by atoms with Crippen LogP contribution in [-0.4, -0.2) is 11.5 Å². The summed E-state index contributed by atoms with van der Waals surface area (Å²) < 4.78 is 0. The minimum atomic E-state index is 0.864. The topological polar surface area (TPSA) is 24.9 Å². The van der Waals surface area contributed by atoms with Crippen LogP contribution < -0.4 is 5.32 Å². The molecule has 2 aromatic carbocycles. The van der Waals surface area contributed by atoms with E-state index >= 15 is 0 Å². The van der Waals surface area contributed by atoms with E-state index in [9.17, 15) is 0 Å². The fourth-order valence-electron chi connectivity index (χ4n) is 3.64. The van der Waals surface area contributed by atoms with Gasteiger partial charge in [0.1, 0.15) is 0 Å². The Morgan fingerprint density at radius 2 is 1.56 bits per heavy atom. The first kappa shape index (κ1) is 19.6. The maximum atomic E-state index is 4.66. The van der Waals surface area contributed by atoms with Crippen molar-refractivity contribution in [2.45, 2.75) is 51.5 Å². The first-order valence-electron chi connectivity index (χ1n) is 10.3. The van der Waals surface area contributed by atoms with Crippen molar-refractivity contribution in [3.8, 4) is 0 Å². The zero-order valence-electron chi connectivity index (χ0n) is 16.3. The summed E-state index contributed by atoms with van der Waals surface area (Å²) in [6, 6.07) is 19.6. The van der Waals surface area contributed by atoms with Gasteiger partial charge in [-0.15, -0.1) is 0 Å². The second-order valence-corrected chi connectivity index (χ2v) is 7.21. The zero-order chi connectivity index (χ0) is 18.7. The smallest absolute Gasteiger partial charge is 0.0749 e. The number of nitrogens with one attached hydrogen (secondary N) is 1. The number of fused-ring (bicyclic) bond motifs is 1. The van der Waals surface area contributed by atoms with E-state index < -0.39 is 0 Å². The molecule has 0 aliphatic carbocycles. The Morgan fingerprint density at radius 3 is 2.37 bits per heavy atom. The lowest BCUT2D eigenvalue weighted by Crippen LogP contribution is -2.14. The van der Waals surface area contributed by atoms with Crippen molar-refractivity contribution in [3.05, 3.63) is 84.4 Å². The first-order valence-corrected chi connectivity index (χ1v) is 10.3. The molecule has 3 aromatic rings. The molecule has 1 heterocycles. The predicted molar refractivity (Wildman–Crippen MR) is 116 cm³/mol. The highest BCUT2D eigenvalue weighted by Gasteiger charge is 2.07. The molecule has 1 aromatic heterocycles. The Morgan fingerprint density at radius 1 is 0.778 bits per heavy atom. The van der Waals surface area contributed by atoms with E-state index in [4.69, 9.17) is 0 Å². The molecule has 0 saturated heterocycles. The Hall–Kier alpha value is -2.19. The lowest BCUT2D eigenvalue weighted by Gasteiger charge is -2.11. The number of aromatic nitrogens is 1. The van der Waals surface area contributed by atoms with Crippen LogP contribution in [0.4, 0.5) is 0 Å². The van der Waals surface area contributed by atoms with Crippen molar-refractivity contribution >= 4 is 10.9 Å². The highest BCUT2D eigenvalue weighted by atomic mass is 14.8. The molecule has 141 valence electrons. The maximum absolute atomic E-state index is 4.66. The molecule has 0 aliphatic heterocycles. The van der Waals surface area contributed by atoms with Gasteiger partial charge in [0.05, 0.1) is 5.52 Å². The van der Waals surface area contributed by atoms with Crippen LogP contribution in [0.5, 0.6) is 0 Å². The summed E-state index contributed by atoms with van der Waals surface area (Å²) in [6.07, 6.45) is 10.3. The fraction of sp³-hybridized carbons (Fsp3) is 0.360. The van der Waals surface area contributed by atoms with Gasteiger partial charge in [-0.1, -0.05) is 68.3 Å². The molecule has 0 atom stereocenters. The second kappa shape index (κ2) is 10.8. The summed E-state index contributed by atoms with van der Waals surface area (Å²) in [6.45, 7) is 5.69. The predicted octanol–water partition coefficient (Wildman–Crippen LogP) is 5.89. The minimum Gasteiger partial charge on any atom is -0.313 e. The Balaban J connectivity index is 1.50. The van der Waals surface area contributed by atoms with Gasteiger partial charge in [0, 0.05) is 18.1 Å². The molecule has 1 N–H and O–H groups in total. The zero-order valence-corrected chi connectivity index (χ0v) is 16.3. The van der Waals surface area contributed by atoms with Crippen molar-refractivity contribution in [1.82, 2.24) is 10.3 Å². The minimum absolute atomic E-state index is 0.864. The molecule has 0 spiro atoms. The van der Waals surface area contributed by atoms with Gasteiger partial charge < -0.3 is 5.32 Å². The van der Waals surface area contributed by atoms with Crippen LogP contribution in [0.25, 0.3) is 10.9 Å². The van der Waals surface area contributed by atoms with Crippen molar-refractivity contribution < 1.29 is 0 Å². The largest absolute Gasteiger partial charge is 0.313 e. The van der Waals surface area contributed by atoms with Gasteiger partial charge in [-0.3, -0.25) is 4.98 Å². The van der Waals surface area contributed by atoms with Gasteiger partial charge in [0.2, 0.25) is 0 Å². The molecule has 0 aliphatic rings. The van der Waals surface area contributed by atoms with Crippen LogP contribution >= 0.6 is 0 Å². The normalized spacial score (nSPS) is 11.1. The lowest BCUT2D eigenvalue weighted by molar-refractivity contribution is 0.641. The molecule has 0 unspecified atom stereocenters. The van der Waals surface area contributed by atoms with Crippen LogP contribution in [0.15, 0.2) is 60.8 Å². The molecule has 2 heteroatoms. The first-order chi connectivity index (χ1) is 13.4. The third-order valence-corrected chi connectivity index (χ3v) is 5.12. The summed E-state index contributed by atoms with van der Waals surface area (Å²) in [5, 5.41) is 4.76. The number of nitrogens with zero attached hydrogens (tertiary/aromatic N) is 1. The molecular formula is C25H31N2. The summed E-state index contributed by atoms with van der Waals surface area (Å²) in [5.74, 6) is 0. The van der Waals surface area contributed by atoms with E-state index in [1.807, 2.05) is 6.20 Å². The summed E-state index contributed by atoms with van der Waals surface area (Å²) >= 11 is 0. The summed E-state index contributed by atoms with van der Waals surface area (Å²) in [7, 11) is 0. The highest BCUT2D eigenvalue weighted by Crippen LogP contribution is 2.23. The van der Waals surface area contributed by atoms with E-state index in [-0.39, 0.29) is 0 Å². The van der Waals surface area contributed by atoms with Crippen LogP contribution in [0.3, 0.4) is 0 Å². The van der Waals surface area contributed by atoms with Crippen LogP contribution in [0, 0.1) is 6.92 Å². The van der Waals surface area contributed by atoms with Gasteiger partial charge in [0.25, 0.3) is 0 Å². The molecule has 2 nitrogen and oxygen atoms in total. The number of hydrogen-bond donors (Lipinski definition) is 1. The van der Waals surface area contributed by atoms with Crippen molar-refractivity contribution in [2.75, 3.05) is 6.54 Å². The Labute approximate surface area is 164 Å². The van der Waals surface area contributed by atoms with Gasteiger partial charge in [-0.2, -0.15) is 0 Å². The van der Waals surface area contributed by atoms with Gasteiger partial charge in [-0.05, 0) is 61.4 Å². The second-order valence-electron chi connectivity index (χ2n) is 7.21. The number of pyridine rings is 1. The Bertz CT molecular complexity index is 811. The van der Waals surface area contributed by atoms with Crippen LogP contribution in [0.1, 0.15) is 48.8 Å². The van der Waals surface area contributed by atoms with Crippen LogP contribution in [0.2, 0.25) is 0 Å². The van der Waals surface area contributed by atoms with Crippen molar-refractivity contribution in [3.63, 3.8) is 0 Å². The standard InChI is InChI=1S/C25H31N2/c1-2-18-26-20-23-17-16-22(24-15-10-19-27-25(23)24)14-9-4-3-6-11-21-12-7-5-8-13-21/h5,7-8,10,12-13,15-17,19,26H,1-4,6,9,11,14,18,20H2. The molecule has 0 saturated carbocycles. The number of unbranched alkanes of at least 4 members (excludes halogenated alkanes) is 3. The quantitative estimate of drug-likeness (QED) is 0.432. The van der Waals surface area contributed by atoms with E-state index in [0.29, 0.717) is 0 Å². The average molecular weight is 360 g/mol. The Kier molecular flexibility index (Phi) is 7.85. The maximum Gasteiger partial charge on any atom is 0.0749 e. The molecule has 1 radical (unpaired) electrons. The third kappa shape index (κ3) is 5.90. The lowest BCUT2D eigenvalue weighted by atomic mass is 9.98. The molecule has 3 rings (SSSR count). The molecule has 0 fully saturated rings. The monoisotopic (exact) mass is 359 g/mol. The fourth-order valence-corrected chi connectivity index (χ4v) is 3.64. The highest BCUT2D eigenvalue weighted by molar-refractivity contribution is 5.85. The van der Waals surface area contributed by atoms with Crippen molar-refractivity contribution in [2.24, 2.45) is 0 Å². The SMILES string of the molecule is [CH2]CCNCc1ccc(CCCCCCc2ccccc2)c2cccnc12. The average Bonchev–Trinajstić information content (AvgIpc) is 2.72. The van der Waals surface area contributed by atoms with E-state index in [2.05, 4.69) is 71.8 Å². The molecule has 0 bridgehead atoms. The third-order valence-electron chi connectivity index (χ3n) is 5.12. The molecular weight excluding hydrogens is 328 g/mol. The van der Waals surface area contributed by atoms with E-state index in [0.717, 1.165) is 31.4 Å². The number of aryl methyl sites for hydroxylation is 2. The van der Waals surface area contributed by atoms with Gasteiger partial charge in [-0.25, -0.2) is 0 Å². The van der Waals surface area contributed by atoms with Crippen LogP contribution in [-0.2, 0) is 19.4 Å². The number of rotatable bonds is 11. The van der Waals surface area contributed by atoms with Crippen molar-refractivity contribution in [1.29, 1.82) is 0 Å². The van der Waals surface area contributed by atoms with E-state index in [1.54, 1.807) is 0 Å². The number of benzene rings is 2. The molecule has 27 heavy (non-hydrogen) atoms. The molecule has 0 amide bonds. The van der Waals surface area contributed by atoms with Gasteiger partial charge in [0.15, 0.2) is 0 Å². The summed E-state index contributed by atoms with van der Waals surface area (Å²) in [4.78, 5) is 4.66. The van der Waals surface area contributed by atoms with E-state index in [1.165, 1.54) is 54.2 Å². The number of hydrogen-bond acceptors (Lipinski definition) is 2. The van der Waals surface area contributed by atoms with Gasteiger partial charge >= 0.3 is 0 Å². The summed E-state index contributed by atoms with van der Waals surface area (Å²) in [5.41, 5.74) is 5.32.